The van der Waals surface area contributed by atoms with Crippen molar-refractivity contribution in [1.82, 2.24) is 0 Å². The highest BCUT2D eigenvalue weighted by molar-refractivity contribution is 5.66. The van der Waals surface area contributed by atoms with Crippen molar-refractivity contribution >= 4 is 5.97 Å². The second-order valence-electron chi connectivity index (χ2n) is 10.6. The van der Waals surface area contributed by atoms with E-state index in [1.807, 2.05) is 0 Å². The second-order valence-corrected chi connectivity index (χ2v) is 10.6. The number of rotatable bonds is 4. The predicted octanol–water partition coefficient (Wildman–Crippen LogP) is 5.26. The van der Waals surface area contributed by atoms with Crippen LogP contribution in [0.3, 0.4) is 0 Å². The molecule has 4 rings (SSSR count). The summed E-state index contributed by atoms with van der Waals surface area (Å²) < 4.78 is 0. The molecule has 0 aromatic rings. The molecule has 4 aliphatic carbocycles. The summed E-state index contributed by atoms with van der Waals surface area (Å²) in [6, 6.07) is 0. The largest absolute Gasteiger partial charge is 0.481 e. The number of aliphatic hydroxyl groups is 1. The average molecular weight is 363 g/mol. The first-order valence-corrected chi connectivity index (χ1v) is 11.3. The van der Waals surface area contributed by atoms with Gasteiger partial charge in [-0.1, -0.05) is 26.7 Å². The molecule has 7 unspecified atom stereocenters. The molecule has 26 heavy (non-hydrogen) atoms. The van der Waals surface area contributed by atoms with E-state index >= 15 is 0 Å². The fourth-order valence-electron chi connectivity index (χ4n) is 8.34. The molecule has 4 aliphatic rings. The van der Waals surface area contributed by atoms with Crippen LogP contribution in [0, 0.1) is 40.4 Å². The van der Waals surface area contributed by atoms with Crippen molar-refractivity contribution in [3.05, 3.63) is 0 Å². The molecule has 0 bridgehead atoms. The number of carboxylic acid groups (broad SMARTS) is 1. The van der Waals surface area contributed by atoms with Gasteiger partial charge in [-0.2, -0.15) is 0 Å². The van der Waals surface area contributed by atoms with E-state index in [1.54, 1.807) is 0 Å². The Morgan fingerprint density at radius 1 is 1.00 bits per heavy atom. The summed E-state index contributed by atoms with van der Waals surface area (Å²) in [5.74, 6) is 2.62. The topological polar surface area (TPSA) is 57.5 Å². The van der Waals surface area contributed by atoms with Crippen LogP contribution < -0.4 is 0 Å². The Labute approximate surface area is 158 Å². The van der Waals surface area contributed by atoms with E-state index in [0.29, 0.717) is 40.9 Å². The molecule has 0 amide bonds. The predicted molar refractivity (Wildman–Crippen MR) is 103 cm³/mol. The molecule has 0 heterocycles. The lowest BCUT2D eigenvalue weighted by Crippen LogP contribution is -2.57. The Morgan fingerprint density at radius 2 is 1.77 bits per heavy atom. The number of aliphatic hydroxyl groups excluding tert-OH is 1. The number of fused-ring (bicyclic) bond motifs is 5. The van der Waals surface area contributed by atoms with Gasteiger partial charge in [-0.3, -0.25) is 4.79 Å². The maximum atomic E-state index is 11.2. The number of aliphatic carboxylic acids is 1. The van der Waals surface area contributed by atoms with E-state index in [4.69, 9.17) is 5.11 Å². The molecule has 4 saturated carbocycles. The third-order valence-electron chi connectivity index (χ3n) is 9.74. The van der Waals surface area contributed by atoms with Crippen molar-refractivity contribution in [3.8, 4) is 0 Å². The van der Waals surface area contributed by atoms with Crippen LogP contribution in [-0.4, -0.2) is 22.3 Å². The minimum atomic E-state index is -0.660. The quantitative estimate of drug-likeness (QED) is 0.717. The van der Waals surface area contributed by atoms with Gasteiger partial charge in [0.15, 0.2) is 0 Å². The molecular formula is C23H38O3. The normalized spacial score (nSPS) is 50.6. The molecule has 0 radical (unpaired) electrons. The molecule has 0 saturated heterocycles. The molecule has 148 valence electrons. The van der Waals surface area contributed by atoms with E-state index in [0.717, 1.165) is 25.2 Å². The van der Waals surface area contributed by atoms with Crippen LogP contribution >= 0.6 is 0 Å². The fraction of sp³-hybridized carbons (Fsp3) is 0.957. The SMILES string of the molecule is CC12CCCCC1CC(O)C1C2CC[C@]2(C)C(CCCC(=O)O)CCC12. The van der Waals surface area contributed by atoms with Crippen LogP contribution in [0.25, 0.3) is 0 Å². The highest BCUT2D eigenvalue weighted by Gasteiger charge is 2.61. The maximum absolute atomic E-state index is 11.2. The molecule has 0 aromatic heterocycles. The summed E-state index contributed by atoms with van der Waals surface area (Å²) in [7, 11) is 0. The van der Waals surface area contributed by atoms with Crippen LogP contribution in [-0.2, 0) is 4.79 Å². The molecule has 0 spiro atoms. The van der Waals surface area contributed by atoms with Gasteiger partial charge in [-0.25, -0.2) is 0 Å². The molecule has 2 N–H and O–H groups in total. The summed E-state index contributed by atoms with van der Waals surface area (Å²) >= 11 is 0. The number of hydrogen-bond donors (Lipinski definition) is 2. The summed E-state index contributed by atoms with van der Waals surface area (Å²) in [4.78, 5) is 10.9. The number of carbonyl (C=O) groups is 1. The molecule has 3 heteroatoms. The zero-order valence-corrected chi connectivity index (χ0v) is 16.8. The van der Waals surface area contributed by atoms with Crippen molar-refractivity contribution in [2.24, 2.45) is 40.4 Å². The Bertz CT molecular complexity index is 546. The zero-order chi connectivity index (χ0) is 18.5. The van der Waals surface area contributed by atoms with E-state index in [-0.39, 0.29) is 6.10 Å². The lowest BCUT2D eigenvalue weighted by molar-refractivity contribution is -0.162. The Hall–Kier alpha value is -0.570. The molecule has 4 fully saturated rings. The molecular weight excluding hydrogens is 324 g/mol. The van der Waals surface area contributed by atoms with Gasteiger partial charge < -0.3 is 10.2 Å². The first-order valence-electron chi connectivity index (χ1n) is 11.3. The lowest BCUT2D eigenvalue weighted by atomic mass is 9.44. The Balaban J connectivity index is 1.53. The van der Waals surface area contributed by atoms with Gasteiger partial charge in [0.2, 0.25) is 0 Å². The number of carboxylic acids is 1. The maximum Gasteiger partial charge on any atom is 0.303 e. The monoisotopic (exact) mass is 362 g/mol. The molecule has 0 aliphatic heterocycles. The van der Waals surface area contributed by atoms with Crippen molar-refractivity contribution in [2.45, 2.75) is 97.0 Å². The highest BCUT2D eigenvalue weighted by atomic mass is 16.4. The van der Waals surface area contributed by atoms with E-state index in [1.165, 1.54) is 51.4 Å². The van der Waals surface area contributed by atoms with Gasteiger partial charge in [-0.15, -0.1) is 0 Å². The summed E-state index contributed by atoms with van der Waals surface area (Å²) in [5, 5.41) is 20.2. The Morgan fingerprint density at radius 3 is 2.54 bits per heavy atom. The van der Waals surface area contributed by atoms with Crippen molar-refractivity contribution in [1.29, 1.82) is 0 Å². The third kappa shape index (κ3) is 2.84. The first kappa shape index (κ1) is 18.8. The van der Waals surface area contributed by atoms with E-state index in [2.05, 4.69) is 13.8 Å². The van der Waals surface area contributed by atoms with Crippen LogP contribution in [0.1, 0.15) is 90.9 Å². The van der Waals surface area contributed by atoms with Crippen molar-refractivity contribution in [2.75, 3.05) is 0 Å². The highest BCUT2D eigenvalue weighted by Crippen LogP contribution is 2.67. The van der Waals surface area contributed by atoms with Gasteiger partial charge in [0, 0.05) is 6.42 Å². The first-order chi connectivity index (χ1) is 12.4. The summed E-state index contributed by atoms with van der Waals surface area (Å²) in [6.45, 7) is 5.04. The van der Waals surface area contributed by atoms with Crippen molar-refractivity contribution in [3.63, 3.8) is 0 Å². The van der Waals surface area contributed by atoms with E-state index in [9.17, 15) is 9.90 Å². The standard InChI is InChI=1S/C23H38O3/c1-22-12-4-3-6-16(22)14-19(24)21-17-10-9-15(7-5-8-20(25)26)23(17,2)13-11-18(21)22/h15-19,21,24H,3-14H2,1-2H3,(H,25,26)/t15?,16?,17?,18?,19?,21?,22?,23-/m1/s1. The minimum Gasteiger partial charge on any atom is -0.481 e. The van der Waals surface area contributed by atoms with Gasteiger partial charge in [0.05, 0.1) is 6.10 Å². The number of hydrogen-bond acceptors (Lipinski definition) is 2. The third-order valence-corrected chi connectivity index (χ3v) is 9.74. The lowest BCUT2D eigenvalue weighted by Gasteiger charge is -2.62. The van der Waals surface area contributed by atoms with Crippen LogP contribution in [0.15, 0.2) is 0 Å². The van der Waals surface area contributed by atoms with Crippen LogP contribution in [0.2, 0.25) is 0 Å². The van der Waals surface area contributed by atoms with Gasteiger partial charge >= 0.3 is 5.97 Å². The van der Waals surface area contributed by atoms with Crippen molar-refractivity contribution < 1.29 is 15.0 Å². The average Bonchev–Trinajstić information content (AvgIpc) is 2.92. The molecule has 0 aromatic carbocycles. The van der Waals surface area contributed by atoms with Gasteiger partial charge in [0.25, 0.3) is 0 Å². The molecule has 8 atom stereocenters. The van der Waals surface area contributed by atoms with Crippen LogP contribution in [0.5, 0.6) is 0 Å². The molecule has 3 nitrogen and oxygen atoms in total. The summed E-state index contributed by atoms with van der Waals surface area (Å²) in [6.07, 6.45) is 13.7. The Kier molecular flexibility index (Phi) is 4.91. The fourth-order valence-corrected chi connectivity index (χ4v) is 8.34. The van der Waals surface area contributed by atoms with Crippen LogP contribution in [0.4, 0.5) is 0 Å². The minimum absolute atomic E-state index is 0.0985. The zero-order valence-electron chi connectivity index (χ0n) is 16.8. The van der Waals surface area contributed by atoms with Gasteiger partial charge in [-0.05, 0) is 98.2 Å². The van der Waals surface area contributed by atoms with E-state index < -0.39 is 5.97 Å². The second kappa shape index (κ2) is 6.79. The van der Waals surface area contributed by atoms with Gasteiger partial charge in [0.1, 0.15) is 0 Å². The summed E-state index contributed by atoms with van der Waals surface area (Å²) in [5.41, 5.74) is 0.795. The smallest absolute Gasteiger partial charge is 0.303 e.